The molecule has 132 valence electrons. The Bertz CT molecular complexity index is 682. The molecule has 2 aromatic rings. The van der Waals surface area contributed by atoms with E-state index >= 15 is 0 Å². The van der Waals surface area contributed by atoms with Crippen LogP contribution in [0.3, 0.4) is 0 Å². The maximum Gasteiger partial charge on any atom is 0.317 e. The van der Waals surface area contributed by atoms with Gasteiger partial charge in [-0.1, -0.05) is 36.4 Å². The molecule has 0 radical (unpaired) electrons. The van der Waals surface area contributed by atoms with E-state index in [2.05, 4.69) is 22.3 Å². The van der Waals surface area contributed by atoms with E-state index in [9.17, 15) is 4.79 Å². The lowest BCUT2D eigenvalue weighted by Gasteiger charge is -2.36. The van der Waals surface area contributed by atoms with Crippen molar-refractivity contribution in [1.29, 1.82) is 0 Å². The van der Waals surface area contributed by atoms with Crippen molar-refractivity contribution < 1.29 is 9.53 Å². The van der Waals surface area contributed by atoms with Crippen LogP contribution in [0.25, 0.3) is 0 Å². The van der Waals surface area contributed by atoms with Crippen LogP contribution in [0.2, 0.25) is 0 Å². The Morgan fingerprint density at radius 1 is 1.00 bits per heavy atom. The first-order chi connectivity index (χ1) is 12.3. The number of rotatable bonds is 5. The van der Waals surface area contributed by atoms with Crippen LogP contribution >= 0.6 is 0 Å². The van der Waals surface area contributed by atoms with Crippen molar-refractivity contribution >= 4 is 11.7 Å². The van der Waals surface area contributed by atoms with E-state index in [1.807, 2.05) is 54.3 Å². The van der Waals surface area contributed by atoms with Gasteiger partial charge in [0.2, 0.25) is 0 Å². The lowest BCUT2D eigenvalue weighted by molar-refractivity contribution is 0.194. The summed E-state index contributed by atoms with van der Waals surface area (Å²) in [5.74, 6) is 0.833. The molecule has 0 unspecified atom stereocenters. The number of piperazine rings is 1. The molecule has 0 aromatic heterocycles. The summed E-state index contributed by atoms with van der Waals surface area (Å²) in [6.45, 7) is 6.23. The van der Waals surface area contributed by atoms with Gasteiger partial charge in [0, 0.05) is 44.0 Å². The number of nitrogens with zero attached hydrogens (tertiary/aromatic N) is 2. The Morgan fingerprint density at radius 2 is 1.68 bits per heavy atom. The highest BCUT2D eigenvalue weighted by Gasteiger charge is 2.21. The number of urea groups is 1. The lowest BCUT2D eigenvalue weighted by Crippen LogP contribution is -2.51. The summed E-state index contributed by atoms with van der Waals surface area (Å²) in [6.07, 6.45) is 0. The minimum Gasteiger partial charge on any atom is -0.494 e. The Kier molecular flexibility index (Phi) is 5.77. The number of para-hydroxylation sites is 2. The molecular formula is C20H25N3O2. The molecule has 1 fully saturated rings. The summed E-state index contributed by atoms with van der Waals surface area (Å²) in [5.41, 5.74) is 2.22. The predicted octanol–water partition coefficient (Wildman–Crippen LogP) is 3.12. The maximum atomic E-state index is 12.4. The van der Waals surface area contributed by atoms with Gasteiger partial charge in [-0.3, -0.25) is 0 Å². The smallest absolute Gasteiger partial charge is 0.317 e. The summed E-state index contributed by atoms with van der Waals surface area (Å²) in [6, 6.07) is 18.1. The van der Waals surface area contributed by atoms with Crippen molar-refractivity contribution in [2.45, 2.75) is 13.5 Å². The molecule has 0 saturated carbocycles. The zero-order chi connectivity index (χ0) is 17.5. The number of carbonyl (C=O) groups excluding carboxylic acids is 1. The van der Waals surface area contributed by atoms with Crippen LogP contribution in [0.15, 0.2) is 54.6 Å². The quantitative estimate of drug-likeness (QED) is 0.910. The van der Waals surface area contributed by atoms with Gasteiger partial charge in [0.05, 0.1) is 6.61 Å². The van der Waals surface area contributed by atoms with Gasteiger partial charge < -0.3 is 19.9 Å². The second-order valence-corrected chi connectivity index (χ2v) is 6.01. The van der Waals surface area contributed by atoms with E-state index < -0.39 is 0 Å². The monoisotopic (exact) mass is 339 g/mol. The fourth-order valence-corrected chi connectivity index (χ4v) is 3.04. The standard InChI is InChI=1S/C20H25N3O2/c1-2-25-19-11-7-6-8-17(19)16-21-20(24)23-14-12-22(13-15-23)18-9-4-3-5-10-18/h3-11H,2,12-16H2,1H3,(H,21,24). The number of hydrogen-bond donors (Lipinski definition) is 1. The number of ether oxygens (including phenoxy) is 1. The number of carbonyl (C=O) groups is 1. The van der Waals surface area contributed by atoms with Crippen molar-refractivity contribution in [3.05, 3.63) is 60.2 Å². The number of benzene rings is 2. The summed E-state index contributed by atoms with van der Waals surface area (Å²) in [7, 11) is 0. The minimum atomic E-state index is -0.0148. The second-order valence-electron chi connectivity index (χ2n) is 6.01. The number of hydrogen-bond acceptors (Lipinski definition) is 3. The van der Waals surface area contributed by atoms with E-state index in [0.717, 1.165) is 37.5 Å². The Balaban J connectivity index is 1.50. The van der Waals surface area contributed by atoms with Crippen LogP contribution in [0, 0.1) is 0 Å². The van der Waals surface area contributed by atoms with Gasteiger partial charge in [0.15, 0.2) is 0 Å². The van der Waals surface area contributed by atoms with Gasteiger partial charge in [0.1, 0.15) is 5.75 Å². The van der Waals surface area contributed by atoms with Crippen molar-refractivity contribution in [2.24, 2.45) is 0 Å². The highest BCUT2D eigenvalue weighted by atomic mass is 16.5. The molecule has 5 heteroatoms. The van der Waals surface area contributed by atoms with Crippen LogP contribution in [-0.4, -0.2) is 43.7 Å². The Morgan fingerprint density at radius 3 is 2.40 bits per heavy atom. The van der Waals surface area contributed by atoms with Crippen LogP contribution in [0.1, 0.15) is 12.5 Å². The fraction of sp³-hybridized carbons (Fsp3) is 0.350. The zero-order valence-corrected chi connectivity index (χ0v) is 14.6. The molecule has 1 saturated heterocycles. The van der Waals surface area contributed by atoms with E-state index in [0.29, 0.717) is 13.2 Å². The molecule has 0 spiro atoms. The van der Waals surface area contributed by atoms with Gasteiger partial charge in [-0.25, -0.2) is 4.79 Å². The third kappa shape index (κ3) is 4.44. The van der Waals surface area contributed by atoms with Crippen LogP contribution in [-0.2, 0) is 6.54 Å². The first-order valence-electron chi connectivity index (χ1n) is 8.81. The average Bonchev–Trinajstić information content (AvgIpc) is 2.68. The molecule has 0 bridgehead atoms. The highest BCUT2D eigenvalue weighted by molar-refractivity contribution is 5.74. The molecular weight excluding hydrogens is 314 g/mol. The van der Waals surface area contributed by atoms with E-state index in [1.54, 1.807) is 0 Å². The summed E-state index contributed by atoms with van der Waals surface area (Å²) in [5, 5.41) is 3.01. The van der Waals surface area contributed by atoms with Crippen molar-refractivity contribution in [3.63, 3.8) is 0 Å². The lowest BCUT2D eigenvalue weighted by atomic mass is 10.2. The Hall–Kier alpha value is -2.69. The zero-order valence-electron chi connectivity index (χ0n) is 14.6. The summed E-state index contributed by atoms with van der Waals surface area (Å²) < 4.78 is 5.61. The first-order valence-corrected chi connectivity index (χ1v) is 8.81. The highest BCUT2D eigenvalue weighted by Crippen LogP contribution is 2.18. The molecule has 1 aliphatic rings. The molecule has 2 aromatic carbocycles. The molecule has 5 nitrogen and oxygen atoms in total. The average molecular weight is 339 g/mol. The van der Waals surface area contributed by atoms with Crippen molar-refractivity contribution in [3.8, 4) is 5.75 Å². The summed E-state index contributed by atoms with van der Waals surface area (Å²) >= 11 is 0. The van der Waals surface area contributed by atoms with Crippen LogP contribution in [0.4, 0.5) is 10.5 Å². The molecule has 2 amide bonds. The van der Waals surface area contributed by atoms with E-state index in [4.69, 9.17) is 4.74 Å². The molecule has 1 aliphatic heterocycles. The fourth-order valence-electron chi connectivity index (χ4n) is 3.04. The third-order valence-corrected chi connectivity index (χ3v) is 4.39. The molecule has 3 rings (SSSR count). The van der Waals surface area contributed by atoms with Crippen molar-refractivity contribution in [2.75, 3.05) is 37.7 Å². The predicted molar refractivity (Wildman–Crippen MR) is 100 cm³/mol. The van der Waals surface area contributed by atoms with Gasteiger partial charge in [-0.15, -0.1) is 0 Å². The van der Waals surface area contributed by atoms with Crippen LogP contribution in [0.5, 0.6) is 5.75 Å². The van der Waals surface area contributed by atoms with E-state index in [1.165, 1.54) is 5.69 Å². The SMILES string of the molecule is CCOc1ccccc1CNC(=O)N1CCN(c2ccccc2)CC1. The number of amides is 2. The van der Waals surface area contributed by atoms with Gasteiger partial charge in [-0.05, 0) is 25.1 Å². The topological polar surface area (TPSA) is 44.8 Å². The molecule has 0 aliphatic carbocycles. The van der Waals surface area contributed by atoms with Gasteiger partial charge in [0.25, 0.3) is 0 Å². The molecule has 0 atom stereocenters. The van der Waals surface area contributed by atoms with Crippen molar-refractivity contribution in [1.82, 2.24) is 10.2 Å². The number of anilines is 1. The largest absolute Gasteiger partial charge is 0.494 e. The minimum absolute atomic E-state index is 0.0148. The van der Waals surface area contributed by atoms with Gasteiger partial charge in [-0.2, -0.15) is 0 Å². The maximum absolute atomic E-state index is 12.4. The summed E-state index contributed by atoms with van der Waals surface area (Å²) in [4.78, 5) is 16.6. The molecule has 1 heterocycles. The first kappa shape index (κ1) is 17.1. The number of nitrogens with one attached hydrogen (secondary N) is 1. The normalized spacial score (nSPS) is 14.3. The molecule has 1 N–H and O–H groups in total. The Labute approximate surface area is 149 Å². The molecule has 25 heavy (non-hydrogen) atoms. The third-order valence-electron chi connectivity index (χ3n) is 4.39. The van der Waals surface area contributed by atoms with E-state index in [-0.39, 0.29) is 6.03 Å². The van der Waals surface area contributed by atoms with Crippen LogP contribution < -0.4 is 15.0 Å². The van der Waals surface area contributed by atoms with Gasteiger partial charge >= 0.3 is 6.03 Å². The second kappa shape index (κ2) is 8.42.